The molecule has 4 rings (SSSR count). The summed E-state index contributed by atoms with van der Waals surface area (Å²) in [6.07, 6.45) is 1.77. The lowest BCUT2D eigenvalue weighted by molar-refractivity contribution is -0.131. The predicted molar refractivity (Wildman–Crippen MR) is 109 cm³/mol. The molecule has 3 aromatic rings. The van der Waals surface area contributed by atoms with Crippen molar-refractivity contribution < 1.29 is 13.2 Å². The summed E-state index contributed by atoms with van der Waals surface area (Å²) in [6, 6.07) is 14.3. The van der Waals surface area contributed by atoms with Crippen LogP contribution in [0, 0.1) is 6.92 Å². The summed E-state index contributed by atoms with van der Waals surface area (Å²) in [5.41, 5.74) is 2.70. The lowest BCUT2D eigenvalue weighted by Crippen LogP contribution is -2.50. The molecule has 2 heterocycles. The van der Waals surface area contributed by atoms with Crippen LogP contribution in [0.4, 0.5) is 0 Å². The maximum Gasteiger partial charge on any atom is 0.243 e. The highest BCUT2D eigenvalue weighted by Crippen LogP contribution is 2.19. The van der Waals surface area contributed by atoms with Gasteiger partial charge >= 0.3 is 0 Å². The maximum atomic E-state index is 12.8. The van der Waals surface area contributed by atoms with Gasteiger partial charge in [0.25, 0.3) is 0 Å². The SMILES string of the molecule is Cc1ccc(S(=O)(=O)N2CCN(C(=O)Cc3ccc(-n4cnnn4)cc3)CC2)cc1. The minimum Gasteiger partial charge on any atom is -0.340 e. The Bertz CT molecular complexity index is 1100. The zero-order valence-electron chi connectivity index (χ0n) is 16.5. The molecule has 0 unspecified atom stereocenters. The van der Waals surface area contributed by atoms with Gasteiger partial charge in [-0.05, 0) is 47.2 Å². The van der Waals surface area contributed by atoms with Crippen LogP contribution in [0.3, 0.4) is 0 Å². The van der Waals surface area contributed by atoms with Gasteiger partial charge in [-0.15, -0.1) is 5.10 Å². The van der Waals surface area contributed by atoms with E-state index < -0.39 is 10.0 Å². The Kier molecular flexibility index (Phi) is 5.60. The van der Waals surface area contributed by atoms with Crippen molar-refractivity contribution in [2.45, 2.75) is 18.2 Å². The summed E-state index contributed by atoms with van der Waals surface area (Å²) >= 11 is 0. The van der Waals surface area contributed by atoms with Crippen LogP contribution < -0.4 is 0 Å². The van der Waals surface area contributed by atoms with E-state index in [9.17, 15) is 13.2 Å². The van der Waals surface area contributed by atoms with Gasteiger partial charge in [-0.2, -0.15) is 4.31 Å². The second kappa shape index (κ2) is 8.33. The van der Waals surface area contributed by atoms with E-state index in [1.54, 1.807) is 33.8 Å². The van der Waals surface area contributed by atoms with Gasteiger partial charge in [-0.25, -0.2) is 13.1 Å². The van der Waals surface area contributed by atoms with Crippen LogP contribution in [0.15, 0.2) is 59.8 Å². The number of hydrogen-bond acceptors (Lipinski definition) is 6. The third-order valence-corrected chi connectivity index (χ3v) is 7.07. The summed E-state index contributed by atoms with van der Waals surface area (Å²) in [5.74, 6) is -0.0162. The average molecular weight is 427 g/mol. The Hall–Kier alpha value is -3.11. The molecular weight excluding hydrogens is 404 g/mol. The first-order valence-electron chi connectivity index (χ1n) is 9.60. The largest absolute Gasteiger partial charge is 0.340 e. The number of aromatic nitrogens is 4. The topological polar surface area (TPSA) is 101 Å². The molecule has 2 aromatic carbocycles. The molecule has 0 atom stereocenters. The van der Waals surface area contributed by atoms with Gasteiger partial charge in [0.2, 0.25) is 15.9 Å². The van der Waals surface area contributed by atoms with Crippen LogP contribution >= 0.6 is 0 Å². The van der Waals surface area contributed by atoms with Crippen LogP contribution in [0.25, 0.3) is 5.69 Å². The summed E-state index contributed by atoms with van der Waals surface area (Å²) < 4.78 is 28.6. The van der Waals surface area contributed by atoms with E-state index in [0.717, 1.165) is 16.8 Å². The van der Waals surface area contributed by atoms with E-state index in [0.29, 0.717) is 26.2 Å². The van der Waals surface area contributed by atoms with Gasteiger partial charge < -0.3 is 4.90 Å². The van der Waals surface area contributed by atoms with E-state index in [1.165, 1.54) is 10.6 Å². The standard InChI is InChI=1S/C20H22N6O3S/c1-16-2-8-19(9-3-16)30(28,29)25-12-10-24(11-13-25)20(27)14-17-4-6-18(7-5-17)26-15-21-22-23-26/h2-9,15H,10-14H2,1H3. The highest BCUT2D eigenvalue weighted by atomic mass is 32.2. The van der Waals surface area contributed by atoms with Crippen molar-refractivity contribution in [3.8, 4) is 5.69 Å². The Morgan fingerprint density at radius 2 is 1.63 bits per heavy atom. The van der Waals surface area contributed by atoms with E-state index in [4.69, 9.17) is 0 Å². The van der Waals surface area contributed by atoms with Gasteiger partial charge in [0.05, 0.1) is 17.0 Å². The zero-order valence-corrected chi connectivity index (χ0v) is 17.4. The number of carbonyl (C=O) groups is 1. The second-order valence-electron chi connectivity index (χ2n) is 7.20. The third-order valence-electron chi connectivity index (χ3n) is 5.16. The second-order valence-corrected chi connectivity index (χ2v) is 9.13. The monoisotopic (exact) mass is 426 g/mol. The van der Waals surface area contributed by atoms with E-state index in [-0.39, 0.29) is 17.2 Å². The van der Waals surface area contributed by atoms with Gasteiger partial charge in [0.1, 0.15) is 6.33 Å². The number of amides is 1. The molecule has 0 N–H and O–H groups in total. The third kappa shape index (κ3) is 4.24. The lowest BCUT2D eigenvalue weighted by Gasteiger charge is -2.34. The molecule has 0 saturated carbocycles. The number of aryl methyl sites for hydroxylation is 1. The predicted octanol–water partition coefficient (Wildman–Crippen LogP) is 1.05. The summed E-state index contributed by atoms with van der Waals surface area (Å²) in [5, 5.41) is 11.0. The average Bonchev–Trinajstić information content (AvgIpc) is 3.30. The molecule has 1 aromatic heterocycles. The molecule has 156 valence electrons. The number of rotatable bonds is 5. The molecule has 30 heavy (non-hydrogen) atoms. The smallest absolute Gasteiger partial charge is 0.243 e. The molecule has 0 spiro atoms. The summed E-state index contributed by atoms with van der Waals surface area (Å²) in [4.78, 5) is 14.7. The first-order valence-corrected chi connectivity index (χ1v) is 11.0. The van der Waals surface area contributed by atoms with Gasteiger partial charge in [-0.3, -0.25) is 4.79 Å². The van der Waals surface area contributed by atoms with Gasteiger partial charge in [-0.1, -0.05) is 29.8 Å². The van der Waals surface area contributed by atoms with Crippen molar-refractivity contribution in [1.82, 2.24) is 29.4 Å². The quantitative estimate of drug-likeness (QED) is 0.604. The Morgan fingerprint density at radius 3 is 2.23 bits per heavy atom. The number of hydrogen-bond donors (Lipinski definition) is 0. The first-order chi connectivity index (χ1) is 14.4. The molecular formula is C20H22N6O3S. The van der Waals surface area contributed by atoms with Crippen LogP contribution in [0.5, 0.6) is 0 Å². The van der Waals surface area contributed by atoms with Crippen molar-refractivity contribution in [2.75, 3.05) is 26.2 Å². The van der Waals surface area contributed by atoms with E-state index in [1.807, 2.05) is 31.2 Å². The minimum atomic E-state index is -3.54. The molecule has 1 saturated heterocycles. The van der Waals surface area contributed by atoms with Crippen molar-refractivity contribution in [3.05, 3.63) is 66.0 Å². The molecule has 0 bridgehead atoms. The fourth-order valence-electron chi connectivity index (χ4n) is 3.37. The van der Waals surface area contributed by atoms with Crippen molar-refractivity contribution in [2.24, 2.45) is 0 Å². The molecule has 1 aliphatic rings. The van der Waals surface area contributed by atoms with Crippen LogP contribution in [-0.4, -0.2) is 69.9 Å². The number of nitrogens with zero attached hydrogens (tertiary/aromatic N) is 6. The first kappa shape index (κ1) is 20.2. The molecule has 1 aliphatic heterocycles. The molecule has 1 fully saturated rings. The summed E-state index contributed by atoms with van der Waals surface area (Å²) in [7, 11) is -3.54. The number of piperazine rings is 1. The highest BCUT2D eigenvalue weighted by molar-refractivity contribution is 7.89. The van der Waals surface area contributed by atoms with Gasteiger partial charge in [0.15, 0.2) is 0 Å². The fraction of sp³-hybridized carbons (Fsp3) is 0.300. The van der Waals surface area contributed by atoms with Crippen LogP contribution in [-0.2, 0) is 21.2 Å². The van der Waals surface area contributed by atoms with E-state index in [2.05, 4.69) is 15.5 Å². The Balaban J connectivity index is 1.34. The van der Waals surface area contributed by atoms with Crippen LogP contribution in [0.2, 0.25) is 0 Å². The summed E-state index contributed by atoms with van der Waals surface area (Å²) in [6.45, 7) is 3.26. The molecule has 10 heteroatoms. The number of sulfonamides is 1. The Labute approximate surface area is 175 Å². The molecule has 0 radical (unpaired) electrons. The number of tetrazole rings is 1. The van der Waals surface area contributed by atoms with Crippen molar-refractivity contribution in [1.29, 1.82) is 0 Å². The Morgan fingerprint density at radius 1 is 0.967 bits per heavy atom. The van der Waals surface area contributed by atoms with Crippen molar-refractivity contribution in [3.63, 3.8) is 0 Å². The maximum absolute atomic E-state index is 12.8. The number of carbonyl (C=O) groups excluding carboxylic acids is 1. The lowest BCUT2D eigenvalue weighted by atomic mass is 10.1. The normalized spacial score (nSPS) is 15.3. The molecule has 1 amide bonds. The van der Waals surface area contributed by atoms with Gasteiger partial charge in [0, 0.05) is 26.2 Å². The minimum absolute atomic E-state index is 0.0162. The highest BCUT2D eigenvalue weighted by Gasteiger charge is 2.30. The zero-order chi connectivity index (χ0) is 21.1. The van der Waals surface area contributed by atoms with E-state index >= 15 is 0 Å². The molecule has 9 nitrogen and oxygen atoms in total. The van der Waals surface area contributed by atoms with Crippen molar-refractivity contribution >= 4 is 15.9 Å². The molecule has 0 aliphatic carbocycles. The fourth-order valence-corrected chi connectivity index (χ4v) is 4.79. The van der Waals surface area contributed by atoms with Crippen LogP contribution in [0.1, 0.15) is 11.1 Å². The number of benzene rings is 2.